The van der Waals surface area contributed by atoms with Gasteiger partial charge in [0.25, 0.3) is 0 Å². The molecule has 1 aliphatic heterocycles. The summed E-state index contributed by atoms with van der Waals surface area (Å²) in [6.07, 6.45) is 2.75. The van der Waals surface area contributed by atoms with Gasteiger partial charge in [-0.3, -0.25) is 25.1 Å². The van der Waals surface area contributed by atoms with Crippen LogP contribution in [0.4, 0.5) is 0 Å². The van der Waals surface area contributed by atoms with E-state index in [9.17, 15) is 19.5 Å². The predicted molar refractivity (Wildman–Crippen MR) is 85.1 cm³/mol. The number of aliphatic carboxylic acids is 1. The minimum Gasteiger partial charge on any atom is -0.480 e. The van der Waals surface area contributed by atoms with Crippen LogP contribution >= 0.6 is 0 Å². The van der Waals surface area contributed by atoms with E-state index in [2.05, 4.69) is 29.9 Å². The molecule has 0 radical (unpaired) electrons. The van der Waals surface area contributed by atoms with Gasteiger partial charge in [0.15, 0.2) is 0 Å². The Hall–Kier alpha value is -1.67. The third kappa shape index (κ3) is 5.18. The zero-order valence-corrected chi connectivity index (χ0v) is 14.0. The van der Waals surface area contributed by atoms with Crippen LogP contribution in [0.5, 0.6) is 0 Å². The lowest BCUT2D eigenvalue weighted by Gasteiger charge is -2.31. The van der Waals surface area contributed by atoms with Gasteiger partial charge in [-0.1, -0.05) is 26.7 Å². The summed E-state index contributed by atoms with van der Waals surface area (Å²) < 4.78 is 0. The van der Waals surface area contributed by atoms with Crippen molar-refractivity contribution >= 4 is 17.8 Å². The summed E-state index contributed by atoms with van der Waals surface area (Å²) in [6.45, 7) is 5.57. The summed E-state index contributed by atoms with van der Waals surface area (Å²) in [7, 11) is 0. The minimum atomic E-state index is -1.01. The van der Waals surface area contributed by atoms with E-state index in [1.54, 1.807) is 0 Å². The lowest BCUT2D eigenvalue weighted by Crippen LogP contribution is -2.54. The molecular weight excluding hydrogens is 300 g/mol. The normalized spacial score (nSPS) is 25.2. The van der Waals surface area contributed by atoms with Crippen molar-refractivity contribution in [3.05, 3.63) is 0 Å². The highest BCUT2D eigenvalue weighted by atomic mass is 16.4. The van der Waals surface area contributed by atoms with E-state index < -0.39 is 29.9 Å². The van der Waals surface area contributed by atoms with Gasteiger partial charge in [0.05, 0.1) is 5.92 Å². The molecule has 1 saturated heterocycles. The van der Waals surface area contributed by atoms with Gasteiger partial charge in [-0.15, -0.1) is 0 Å². The van der Waals surface area contributed by atoms with Crippen LogP contribution in [0.15, 0.2) is 0 Å². The maximum absolute atomic E-state index is 12.0. The molecule has 132 valence electrons. The van der Waals surface area contributed by atoms with Crippen molar-refractivity contribution in [3.8, 4) is 0 Å². The van der Waals surface area contributed by atoms with Crippen LogP contribution in [-0.4, -0.2) is 41.0 Å². The largest absolute Gasteiger partial charge is 0.480 e. The van der Waals surface area contributed by atoms with Crippen molar-refractivity contribution in [2.75, 3.05) is 0 Å². The smallest absolute Gasteiger partial charge is 0.320 e. The topological polar surface area (TPSA) is 134 Å². The number of hydrazine groups is 1. The Bertz CT molecular complexity index is 439. The molecule has 1 rings (SSSR count). The molecule has 1 heterocycles. The Morgan fingerprint density at radius 3 is 2.35 bits per heavy atom. The molecule has 0 unspecified atom stereocenters. The van der Waals surface area contributed by atoms with Crippen LogP contribution in [0, 0.1) is 11.8 Å². The fourth-order valence-corrected chi connectivity index (χ4v) is 3.30. The molecule has 1 fully saturated rings. The number of rotatable bonds is 8. The van der Waals surface area contributed by atoms with E-state index in [1.807, 2.05) is 0 Å². The number of carboxylic acid groups (broad SMARTS) is 1. The van der Waals surface area contributed by atoms with Crippen LogP contribution in [0.3, 0.4) is 0 Å². The molecule has 0 aromatic carbocycles. The second-order valence-electron chi connectivity index (χ2n) is 6.16. The standard InChI is InChI=1S/C15H28N4O4/c1-4-9(5-2)6-11(17-8(3)20)13-10(14(21)19-16)7-12(18-13)15(22)23/h9-13,18H,4-7,16H2,1-3H3,(H,17,20)(H,19,21)(H,22,23)/t10-,11+,12-,13-/m1/s1. The van der Waals surface area contributed by atoms with Crippen LogP contribution < -0.4 is 21.9 Å². The molecular formula is C15H28N4O4. The second kappa shape index (κ2) is 8.83. The van der Waals surface area contributed by atoms with Gasteiger partial charge >= 0.3 is 5.97 Å². The molecule has 2 amide bonds. The first-order chi connectivity index (χ1) is 10.8. The van der Waals surface area contributed by atoms with Crippen LogP contribution in [0.1, 0.15) is 46.5 Å². The third-order valence-corrected chi connectivity index (χ3v) is 4.66. The van der Waals surface area contributed by atoms with Crippen molar-refractivity contribution in [2.24, 2.45) is 17.7 Å². The summed E-state index contributed by atoms with van der Waals surface area (Å²) in [5.41, 5.74) is 2.10. The molecule has 4 atom stereocenters. The molecule has 0 aliphatic carbocycles. The SMILES string of the molecule is CCC(CC)C[C@H](NC(C)=O)[C@@H]1N[C@@H](C(=O)O)C[C@H]1C(=O)NN. The minimum absolute atomic E-state index is 0.155. The van der Waals surface area contributed by atoms with Gasteiger partial charge < -0.3 is 10.4 Å². The van der Waals surface area contributed by atoms with E-state index in [1.165, 1.54) is 6.92 Å². The number of carboxylic acids is 1. The Morgan fingerprint density at radius 2 is 1.91 bits per heavy atom. The first-order valence-corrected chi connectivity index (χ1v) is 8.10. The van der Waals surface area contributed by atoms with E-state index in [4.69, 9.17) is 5.84 Å². The van der Waals surface area contributed by atoms with Gasteiger partial charge in [0.2, 0.25) is 11.8 Å². The molecule has 0 bridgehead atoms. The first-order valence-electron chi connectivity index (χ1n) is 8.10. The third-order valence-electron chi connectivity index (χ3n) is 4.66. The van der Waals surface area contributed by atoms with E-state index >= 15 is 0 Å². The Balaban J connectivity index is 3.00. The number of carbonyl (C=O) groups is 3. The monoisotopic (exact) mass is 328 g/mol. The Labute approximate surface area is 136 Å². The molecule has 0 aromatic heterocycles. The number of carbonyl (C=O) groups excluding carboxylic acids is 2. The highest BCUT2D eigenvalue weighted by Crippen LogP contribution is 2.27. The number of nitrogens with one attached hydrogen (secondary N) is 3. The number of amides is 2. The Morgan fingerprint density at radius 1 is 1.30 bits per heavy atom. The van der Waals surface area contributed by atoms with Gasteiger partial charge in [-0.25, -0.2) is 5.84 Å². The summed E-state index contributed by atoms with van der Waals surface area (Å²) in [5, 5.41) is 15.1. The average molecular weight is 328 g/mol. The van der Waals surface area contributed by atoms with Crippen molar-refractivity contribution in [3.63, 3.8) is 0 Å². The number of nitrogens with two attached hydrogens (primary N) is 1. The number of hydrogen-bond donors (Lipinski definition) is 5. The van der Waals surface area contributed by atoms with Gasteiger partial charge in [-0.2, -0.15) is 0 Å². The van der Waals surface area contributed by atoms with Gasteiger partial charge in [-0.05, 0) is 18.8 Å². The second-order valence-corrected chi connectivity index (χ2v) is 6.16. The predicted octanol–water partition coefficient (Wildman–Crippen LogP) is -0.261. The lowest BCUT2D eigenvalue weighted by molar-refractivity contribution is -0.139. The molecule has 23 heavy (non-hydrogen) atoms. The zero-order valence-electron chi connectivity index (χ0n) is 14.0. The Kier molecular flexibility index (Phi) is 7.44. The summed E-state index contributed by atoms with van der Waals surface area (Å²) in [6, 6.07) is -1.59. The van der Waals surface area contributed by atoms with Crippen molar-refractivity contribution in [2.45, 2.75) is 64.6 Å². The van der Waals surface area contributed by atoms with Crippen LogP contribution in [-0.2, 0) is 14.4 Å². The first kappa shape index (κ1) is 19.4. The highest BCUT2D eigenvalue weighted by molar-refractivity contribution is 5.82. The zero-order chi connectivity index (χ0) is 17.6. The molecule has 1 aliphatic rings. The van der Waals surface area contributed by atoms with Crippen molar-refractivity contribution in [1.29, 1.82) is 0 Å². The van der Waals surface area contributed by atoms with Gasteiger partial charge in [0, 0.05) is 19.0 Å². The lowest BCUT2D eigenvalue weighted by atomic mass is 9.85. The van der Waals surface area contributed by atoms with E-state index in [0.29, 0.717) is 12.3 Å². The summed E-state index contributed by atoms with van der Waals surface area (Å²) in [4.78, 5) is 34.8. The van der Waals surface area contributed by atoms with Crippen LogP contribution in [0.25, 0.3) is 0 Å². The molecule has 0 spiro atoms. The molecule has 8 nitrogen and oxygen atoms in total. The fraction of sp³-hybridized carbons (Fsp3) is 0.800. The highest BCUT2D eigenvalue weighted by Gasteiger charge is 2.45. The maximum atomic E-state index is 12.0. The number of hydrogen-bond acceptors (Lipinski definition) is 5. The molecule has 6 N–H and O–H groups in total. The maximum Gasteiger partial charge on any atom is 0.320 e. The fourth-order valence-electron chi connectivity index (χ4n) is 3.30. The summed E-state index contributed by atoms with van der Waals surface area (Å²) >= 11 is 0. The quantitative estimate of drug-likeness (QED) is 0.237. The summed E-state index contributed by atoms with van der Waals surface area (Å²) in [5.74, 6) is 3.41. The van der Waals surface area contributed by atoms with Crippen LogP contribution in [0.2, 0.25) is 0 Å². The van der Waals surface area contributed by atoms with Gasteiger partial charge in [0.1, 0.15) is 6.04 Å². The van der Waals surface area contributed by atoms with Crippen molar-refractivity contribution in [1.82, 2.24) is 16.1 Å². The van der Waals surface area contributed by atoms with Crippen molar-refractivity contribution < 1.29 is 19.5 Å². The molecule has 0 saturated carbocycles. The molecule has 8 heteroatoms. The molecule has 0 aromatic rings. The average Bonchev–Trinajstić information content (AvgIpc) is 2.95. The van der Waals surface area contributed by atoms with E-state index in [-0.39, 0.29) is 18.4 Å². The van der Waals surface area contributed by atoms with E-state index in [0.717, 1.165) is 12.8 Å².